The minimum Gasteiger partial charge on any atom is -0.462 e. The molecule has 6 nitrogen and oxygen atoms in total. The third-order valence-corrected chi connectivity index (χ3v) is 5.95. The Morgan fingerprint density at radius 1 is 1.00 bits per heavy atom. The van der Waals surface area contributed by atoms with E-state index >= 15 is 0 Å². The molecule has 0 saturated heterocycles. The van der Waals surface area contributed by atoms with Crippen LogP contribution in [0.5, 0.6) is 0 Å². The van der Waals surface area contributed by atoms with Crippen molar-refractivity contribution in [3.05, 3.63) is 43.9 Å². The molecule has 0 aliphatic carbocycles. The summed E-state index contributed by atoms with van der Waals surface area (Å²) in [6, 6.07) is 7.28. The van der Waals surface area contributed by atoms with Crippen molar-refractivity contribution in [1.29, 1.82) is 0 Å². The smallest absolute Gasteiger partial charge is 0.346 e. The Hall–Kier alpha value is -2.19. The molecule has 130 valence electrons. The Kier molecular flexibility index (Phi) is 5.19. The van der Waals surface area contributed by atoms with E-state index in [0.717, 1.165) is 29.1 Å². The van der Waals surface area contributed by atoms with Gasteiger partial charge in [0, 0.05) is 11.3 Å². The largest absolute Gasteiger partial charge is 0.462 e. The Labute approximate surface area is 153 Å². The quantitative estimate of drug-likeness (QED) is 0.638. The van der Waals surface area contributed by atoms with E-state index in [1.807, 2.05) is 18.2 Å². The van der Waals surface area contributed by atoms with Crippen molar-refractivity contribution in [2.45, 2.75) is 13.8 Å². The summed E-state index contributed by atoms with van der Waals surface area (Å²) in [6.45, 7) is 3.77. The number of para-hydroxylation sites is 1. The number of carbonyl (C=O) groups is 3. The lowest BCUT2D eigenvalue weighted by molar-refractivity contribution is -0.140. The highest BCUT2D eigenvalue weighted by molar-refractivity contribution is 8.29. The maximum Gasteiger partial charge on any atom is 0.346 e. The molecule has 0 radical (unpaired) electrons. The lowest BCUT2D eigenvalue weighted by atomic mass is 10.1. The second kappa shape index (κ2) is 7.37. The van der Waals surface area contributed by atoms with Gasteiger partial charge in [0.2, 0.25) is 0 Å². The molecule has 1 aromatic carbocycles. The average molecular weight is 377 g/mol. The normalized spacial score (nSPS) is 16.0. The molecule has 0 spiro atoms. The maximum atomic E-state index is 12.4. The van der Waals surface area contributed by atoms with Crippen LogP contribution in [0.15, 0.2) is 38.3 Å². The molecule has 2 aliphatic heterocycles. The van der Waals surface area contributed by atoms with E-state index in [4.69, 9.17) is 9.47 Å². The first kappa shape index (κ1) is 17.6. The van der Waals surface area contributed by atoms with Gasteiger partial charge >= 0.3 is 11.9 Å². The fourth-order valence-corrected chi connectivity index (χ4v) is 4.92. The minimum absolute atomic E-state index is 0.157. The van der Waals surface area contributed by atoms with Gasteiger partial charge in [0.05, 0.1) is 23.0 Å². The van der Waals surface area contributed by atoms with Gasteiger partial charge in [-0.2, -0.15) is 0 Å². The van der Waals surface area contributed by atoms with Crippen molar-refractivity contribution in [3.63, 3.8) is 0 Å². The van der Waals surface area contributed by atoms with E-state index in [9.17, 15) is 14.4 Å². The zero-order chi connectivity index (χ0) is 18.0. The number of hydrogen-bond donors (Lipinski definition) is 1. The summed E-state index contributed by atoms with van der Waals surface area (Å²) in [5.74, 6) is -1.44. The maximum absolute atomic E-state index is 12.4. The first-order chi connectivity index (χ1) is 12.1. The van der Waals surface area contributed by atoms with E-state index in [0.29, 0.717) is 15.5 Å². The number of thioether (sulfide) groups is 2. The summed E-state index contributed by atoms with van der Waals surface area (Å²) >= 11 is 2.14. The van der Waals surface area contributed by atoms with Gasteiger partial charge in [-0.15, -0.1) is 0 Å². The molecule has 0 aromatic heterocycles. The number of anilines is 1. The van der Waals surface area contributed by atoms with E-state index in [1.54, 1.807) is 19.9 Å². The molecule has 3 rings (SSSR count). The van der Waals surface area contributed by atoms with Gasteiger partial charge in [0.15, 0.2) is 0 Å². The van der Waals surface area contributed by atoms with Crippen LogP contribution >= 0.6 is 23.5 Å². The van der Waals surface area contributed by atoms with Gasteiger partial charge in [0.1, 0.15) is 9.81 Å². The number of fused-ring (bicyclic) bond motifs is 1. The van der Waals surface area contributed by atoms with Crippen molar-refractivity contribution >= 4 is 52.6 Å². The van der Waals surface area contributed by atoms with E-state index in [2.05, 4.69) is 5.32 Å². The lowest BCUT2D eigenvalue weighted by Crippen LogP contribution is -2.11. The molecule has 0 fully saturated rings. The number of ether oxygens (including phenoxy) is 2. The molecule has 0 bridgehead atoms. The van der Waals surface area contributed by atoms with Crippen LogP contribution < -0.4 is 5.32 Å². The van der Waals surface area contributed by atoms with Crippen LogP contribution in [0.25, 0.3) is 5.57 Å². The topological polar surface area (TPSA) is 81.7 Å². The highest BCUT2D eigenvalue weighted by Crippen LogP contribution is 2.54. The van der Waals surface area contributed by atoms with Crippen LogP contribution in [0.2, 0.25) is 0 Å². The van der Waals surface area contributed by atoms with Gasteiger partial charge in [-0.3, -0.25) is 4.79 Å². The first-order valence-corrected chi connectivity index (χ1v) is 9.29. The van der Waals surface area contributed by atoms with Crippen LogP contribution in [0.4, 0.5) is 5.69 Å². The molecule has 1 aromatic rings. The number of rotatable bonds is 4. The number of amides is 1. The van der Waals surface area contributed by atoms with Gasteiger partial charge in [-0.05, 0) is 19.9 Å². The average Bonchev–Trinajstić information content (AvgIpc) is 3.15. The number of hydrogen-bond acceptors (Lipinski definition) is 7. The highest BCUT2D eigenvalue weighted by atomic mass is 32.2. The van der Waals surface area contributed by atoms with Crippen molar-refractivity contribution in [3.8, 4) is 0 Å². The van der Waals surface area contributed by atoms with Crippen molar-refractivity contribution < 1.29 is 23.9 Å². The third kappa shape index (κ3) is 3.32. The Morgan fingerprint density at radius 2 is 1.56 bits per heavy atom. The summed E-state index contributed by atoms with van der Waals surface area (Å²) in [5.41, 5.74) is 1.90. The Bertz CT molecular complexity index is 796. The fraction of sp³-hybridized carbons (Fsp3) is 0.235. The van der Waals surface area contributed by atoms with Gasteiger partial charge in [-0.1, -0.05) is 41.7 Å². The standard InChI is InChI=1S/C17H15NO5S2/c1-3-22-15(20)12-13(16(21)23-4-2)25-17(24-12)11-9-7-5-6-8-10(9)18-14(11)19/h5-8H,3-4H2,1-2H3,(H,18,19). The van der Waals surface area contributed by atoms with Crippen LogP contribution in [-0.2, 0) is 23.9 Å². The van der Waals surface area contributed by atoms with E-state index < -0.39 is 11.9 Å². The Morgan fingerprint density at radius 3 is 2.12 bits per heavy atom. The molecule has 0 saturated carbocycles. The molecule has 25 heavy (non-hydrogen) atoms. The molecule has 1 amide bonds. The monoisotopic (exact) mass is 377 g/mol. The number of benzene rings is 1. The molecule has 2 heterocycles. The predicted octanol–water partition coefficient (Wildman–Crippen LogP) is 3.13. The first-order valence-electron chi connectivity index (χ1n) is 7.66. The number of nitrogens with one attached hydrogen (secondary N) is 1. The SMILES string of the molecule is CCOC(=O)C1=C(C(=O)OCC)SC(=C2C(=O)Nc3ccccc32)S1. The summed E-state index contributed by atoms with van der Waals surface area (Å²) in [5, 5.41) is 2.79. The zero-order valence-electron chi connectivity index (χ0n) is 13.6. The summed E-state index contributed by atoms with van der Waals surface area (Å²) in [7, 11) is 0. The van der Waals surface area contributed by atoms with Crippen molar-refractivity contribution in [1.82, 2.24) is 0 Å². The van der Waals surface area contributed by atoms with Crippen molar-refractivity contribution in [2.75, 3.05) is 18.5 Å². The van der Waals surface area contributed by atoms with E-state index in [-0.39, 0.29) is 28.9 Å². The highest BCUT2D eigenvalue weighted by Gasteiger charge is 2.37. The van der Waals surface area contributed by atoms with Crippen LogP contribution in [-0.4, -0.2) is 31.1 Å². The molecule has 1 N–H and O–H groups in total. The molecule has 0 unspecified atom stereocenters. The number of carbonyl (C=O) groups excluding carboxylic acids is 3. The molecule has 0 atom stereocenters. The van der Waals surface area contributed by atoms with Crippen LogP contribution in [0.1, 0.15) is 19.4 Å². The second-order valence-electron chi connectivity index (χ2n) is 4.97. The second-order valence-corrected chi connectivity index (χ2v) is 7.27. The van der Waals surface area contributed by atoms with E-state index in [1.165, 1.54) is 0 Å². The van der Waals surface area contributed by atoms with Gasteiger partial charge < -0.3 is 14.8 Å². The molecule has 8 heteroatoms. The summed E-state index contributed by atoms with van der Waals surface area (Å²) in [4.78, 5) is 37.1. The Balaban J connectivity index is 2.01. The predicted molar refractivity (Wildman–Crippen MR) is 97.5 cm³/mol. The molecule has 2 aliphatic rings. The minimum atomic E-state index is -0.592. The third-order valence-electron chi connectivity index (χ3n) is 3.39. The fourth-order valence-electron chi connectivity index (χ4n) is 2.38. The van der Waals surface area contributed by atoms with Crippen molar-refractivity contribution in [2.24, 2.45) is 0 Å². The van der Waals surface area contributed by atoms with Crippen LogP contribution in [0, 0.1) is 0 Å². The summed E-state index contributed by atoms with van der Waals surface area (Å²) in [6.07, 6.45) is 0. The number of esters is 2. The lowest BCUT2D eigenvalue weighted by Gasteiger charge is -2.04. The molecular formula is C17H15NO5S2. The van der Waals surface area contributed by atoms with Crippen LogP contribution in [0.3, 0.4) is 0 Å². The molecular weight excluding hydrogens is 362 g/mol. The summed E-state index contributed by atoms with van der Waals surface area (Å²) < 4.78 is 10.6. The van der Waals surface area contributed by atoms with Gasteiger partial charge in [0.25, 0.3) is 5.91 Å². The van der Waals surface area contributed by atoms with Gasteiger partial charge in [-0.25, -0.2) is 9.59 Å². The zero-order valence-corrected chi connectivity index (χ0v) is 15.2.